The topological polar surface area (TPSA) is 35.5 Å². The van der Waals surface area contributed by atoms with Crippen molar-refractivity contribution >= 4 is 11.3 Å². The zero-order valence-corrected chi connectivity index (χ0v) is 14.6. The highest BCUT2D eigenvalue weighted by atomic mass is 32.1. The van der Waals surface area contributed by atoms with Crippen LogP contribution in [0.1, 0.15) is 24.5 Å². The number of aliphatic hydroxyl groups is 1. The van der Waals surface area contributed by atoms with Gasteiger partial charge < -0.3 is 15.3 Å². The van der Waals surface area contributed by atoms with E-state index in [1.54, 1.807) is 11.3 Å². The van der Waals surface area contributed by atoms with Crippen molar-refractivity contribution in [3.8, 4) is 0 Å². The summed E-state index contributed by atoms with van der Waals surface area (Å²) in [6.07, 6.45) is 2.27. The third kappa shape index (κ3) is 4.64. The van der Waals surface area contributed by atoms with Gasteiger partial charge in [0.2, 0.25) is 0 Å². The Morgan fingerprint density at radius 2 is 2.13 bits per heavy atom. The van der Waals surface area contributed by atoms with Gasteiger partial charge in [0.25, 0.3) is 0 Å². The summed E-state index contributed by atoms with van der Waals surface area (Å²) in [5.41, 5.74) is 1.63. The molecule has 1 fully saturated rings. The summed E-state index contributed by atoms with van der Waals surface area (Å²) >= 11 is 1.63. The van der Waals surface area contributed by atoms with Gasteiger partial charge in [0.1, 0.15) is 0 Å². The zero-order valence-electron chi connectivity index (χ0n) is 13.7. The van der Waals surface area contributed by atoms with Crippen LogP contribution in [0.5, 0.6) is 0 Å². The molecule has 0 radical (unpaired) electrons. The van der Waals surface area contributed by atoms with Crippen LogP contribution in [0.3, 0.4) is 0 Å². The second-order valence-electron chi connectivity index (χ2n) is 6.69. The van der Waals surface area contributed by atoms with Crippen molar-refractivity contribution in [2.24, 2.45) is 0 Å². The monoisotopic (exact) mass is 330 g/mol. The summed E-state index contributed by atoms with van der Waals surface area (Å²) in [4.78, 5) is 2.52. The first-order chi connectivity index (χ1) is 11.1. The van der Waals surface area contributed by atoms with E-state index in [-0.39, 0.29) is 0 Å². The van der Waals surface area contributed by atoms with E-state index < -0.39 is 5.60 Å². The van der Waals surface area contributed by atoms with E-state index in [4.69, 9.17) is 0 Å². The lowest BCUT2D eigenvalue weighted by Crippen LogP contribution is -2.42. The van der Waals surface area contributed by atoms with Crippen LogP contribution >= 0.6 is 11.3 Å². The molecular formula is C19H26N2OS. The molecule has 3 rings (SSSR count). The van der Waals surface area contributed by atoms with Crippen molar-refractivity contribution in [2.45, 2.75) is 31.4 Å². The minimum atomic E-state index is -0.780. The summed E-state index contributed by atoms with van der Waals surface area (Å²) in [5, 5.41) is 18.2. The molecule has 0 spiro atoms. The summed E-state index contributed by atoms with van der Waals surface area (Å²) in [7, 11) is 0. The Morgan fingerprint density at radius 1 is 1.30 bits per heavy atom. The van der Waals surface area contributed by atoms with Crippen LogP contribution in [0, 0.1) is 0 Å². The molecule has 0 saturated carbocycles. The number of nitrogens with one attached hydrogen (secondary N) is 1. The molecule has 124 valence electrons. The highest BCUT2D eigenvalue weighted by Gasteiger charge is 2.27. The predicted molar refractivity (Wildman–Crippen MR) is 96.9 cm³/mol. The van der Waals surface area contributed by atoms with Crippen LogP contribution in [0.25, 0.3) is 0 Å². The smallest absolute Gasteiger partial charge is 0.1000 e. The van der Waals surface area contributed by atoms with E-state index in [9.17, 15) is 5.11 Å². The molecular weight excluding hydrogens is 304 g/mol. The number of hydrogen-bond acceptors (Lipinski definition) is 4. The fourth-order valence-corrected chi connectivity index (χ4v) is 3.93. The predicted octanol–water partition coefficient (Wildman–Crippen LogP) is 2.86. The van der Waals surface area contributed by atoms with Crippen LogP contribution in [0.15, 0.2) is 47.2 Å². The number of likely N-dealkylation sites (tertiary alicyclic amines) is 1. The van der Waals surface area contributed by atoms with E-state index in [1.807, 2.05) is 23.8 Å². The normalized spacial score (nSPS) is 21.4. The fraction of sp³-hybridized carbons (Fsp3) is 0.474. The Morgan fingerprint density at radius 3 is 2.87 bits per heavy atom. The van der Waals surface area contributed by atoms with Crippen LogP contribution in [-0.2, 0) is 12.0 Å². The largest absolute Gasteiger partial charge is 0.384 e. The van der Waals surface area contributed by atoms with Crippen LogP contribution in [-0.4, -0.2) is 42.2 Å². The maximum atomic E-state index is 10.6. The molecule has 1 saturated heterocycles. The van der Waals surface area contributed by atoms with Gasteiger partial charge in [-0.3, -0.25) is 0 Å². The minimum Gasteiger partial charge on any atom is -0.384 e. The number of benzene rings is 1. The van der Waals surface area contributed by atoms with Gasteiger partial charge in [-0.2, -0.15) is 11.3 Å². The van der Waals surface area contributed by atoms with Gasteiger partial charge in [0.05, 0.1) is 5.60 Å². The van der Waals surface area contributed by atoms with Gasteiger partial charge in [-0.05, 0) is 54.3 Å². The van der Waals surface area contributed by atoms with Crippen molar-refractivity contribution in [1.29, 1.82) is 0 Å². The Hall–Kier alpha value is -1.20. The number of thiophene rings is 1. The van der Waals surface area contributed by atoms with Crippen molar-refractivity contribution < 1.29 is 5.11 Å². The van der Waals surface area contributed by atoms with E-state index in [0.717, 1.165) is 38.0 Å². The molecule has 23 heavy (non-hydrogen) atoms. The van der Waals surface area contributed by atoms with Gasteiger partial charge in [-0.1, -0.05) is 30.3 Å². The lowest BCUT2D eigenvalue weighted by molar-refractivity contribution is 0.0545. The Bertz CT molecular complexity index is 583. The molecule has 2 atom stereocenters. The second-order valence-corrected chi connectivity index (χ2v) is 7.47. The first-order valence-electron chi connectivity index (χ1n) is 8.38. The second kappa shape index (κ2) is 7.58. The lowest BCUT2D eigenvalue weighted by Gasteiger charge is -2.25. The minimum absolute atomic E-state index is 0.482. The van der Waals surface area contributed by atoms with Crippen molar-refractivity contribution in [1.82, 2.24) is 10.2 Å². The standard InChI is InChI=1S/C19H26N2OS/c1-19(22,17-9-12-23-14-17)15-20-18-8-11-21(13-18)10-7-16-5-3-2-4-6-16/h2-6,9,12,14,18,20,22H,7-8,10-11,13,15H2,1H3. The molecule has 2 aromatic rings. The molecule has 0 bridgehead atoms. The zero-order chi connectivity index (χ0) is 16.1. The number of rotatable bonds is 7. The average molecular weight is 330 g/mol. The van der Waals surface area contributed by atoms with Gasteiger partial charge >= 0.3 is 0 Å². The van der Waals surface area contributed by atoms with Gasteiger partial charge in [0, 0.05) is 25.7 Å². The molecule has 0 aliphatic carbocycles. The first-order valence-corrected chi connectivity index (χ1v) is 9.32. The quantitative estimate of drug-likeness (QED) is 0.819. The molecule has 2 heterocycles. The van der Waals surface area contributed by atoms with E-state index in [1.165, 1.54) is 5.56 Å². The molecule has 3 nitrogen and oxygen atoms in total. The molecule has 0 amide bonds. The van der Waals surface area contributed by atoms with E-state index >= 15 is 0 Å². The van der Waals surface area contributed by atoms with E-state index in [2.05, 4.69) is 40.5 Å². The van der Waals surface area contributed by atoms with Gasteiger partial charge in [-0.25, -0.2) is 0 Å². The number of nitrogens with zero attached hydrogens (tertiary/aromatic N) is 1. The average Bonchev–Trinajstić information content (AvgIpc) is 3.24. The molecule has 1 aliphatic heterocycles. The van der Waals surface area contributed by atoms with Gasteiger partial charge in [-0.15, -0.1) is 0 Å². The third-order valence-corrected chi connectivity index (χ3v) is 5.39. The summed E-state index contributed by atoms with van der Waals surface area (Å²) in [6, 6.07) is 13.2. The molecule has 4 heteroatoms. The molecule has 1 aromatic heterocycles. The highest BCUT2D eigenvalue weighted by Crippen LogP contribution is 2.22. The maximum absolute atomic E-state index is 10.6. The van der Waals surface area contributed by atoms with Crippen molar-refractivity contribution in [3.63, 3.8) is 0 Å². The molecule has 1 aliphatic rings. The maximum Gasteiger partial charge on any atom is 0.1000 e. The summed E-state index contributed by atoms with van der Waals surface area (Å²) in [6.45, 7) is 5.84. The summed E-state index contributed by atoms with van der Waals surface area (Å²) < 4.78 is 0. The molecule has 2 unspecified atom stereocenters. The first kappa shape index (κ1) is 16.7. The fourth-order valence-electron chi connectivity index (χ4n) is 3.15. The Balaban J connectivity index is 1.41. The van der Waals surface area contributed by atoms with Crippen molar-refractivity contribution in [2.75, 3.05) is 26.2 Å². The van der Waals surface area contributed by atoms with Crippen LogP contribution < -0.4 is 5.32 Å². The van der Waals surface area contributed by atoms with Crippen molar-refractivity contribution in [3.05, 3.63) is 58.3 Å². The highest BCUT2D eigenvalue weighted by molar-refractivity contribution is 7.08. The summed E-state index contributed by atoms with van der Waals surface area (Å²) in [5.74, 6) is 0. The third-order valence-electron chi connectivity index (χ3n) is 4.71. The molecule has 1 aromatic carbocycles. The van der Waals surface area contributed by atoms with E-state index in [0.29, 0.717) is 12.6 Å². The molecule has 2 N–H and O–H groups in total. The van der Waals surface area contributed by atoms with Crippen LogP contribution in [0.4, 0.5) is 0 Å². The lowest BCUT2D eigenvalue weighted by atomic mass is 9.99. The van der Waals surface area contributed by atoms with Gasteiger partial charge in [0.15, 0.2) is 0 Å². The number of hydrogen-bond donors (Lipinski definition) is 2. The van der Waals surface area contributed by atoms with Crippen LogP contribution in [0.2, 0.25) is 0 Å². The Labute approximate surface area is 143 Å². The Kier molecular flexibility index (Phi) is 5.49. The SMILES string of the molecule is CC(O)(CNC1CCN(CCc2ccccc2)C1)c1ccsc1.